The zero-order valence-electron chi connectivity index (χ0n) is 15.8. The molecule has 4 heteroatoms. The summed E-state index contributed by atoms with van der Waals surface area (Å²) in [6.45, 7) is 9.49. The van der Waals surface area contributed by atoms with Crippen molar-refractivity contribution >= 4 is 5.97 Å². The van der Waals surface area contributed by atoms with Crippen LogP contribution >= 0.6 is 0 Å². The molecule has 0 N–H and O–H groups in total. The van der Waals surface area contributed by atoms with Gasteiger partial charge in [-0.05, 0) is 62.8 Å². The van der Waals surface area contributed by atoms with Crippen LogP contribution in [0.3, 0.4) is 0 Å². The Kier molecular flexibility index (Phi) is 4.70. The van der Waals surface area contributed by atoms with Crippen molar-refractivity contribution < 1.29 is 14.3 Å². The van der Waals surface area contributed by atoms with Crippen LogP contribution in [0.5, 0.6) is 0 Å². The minimum absolute atomic E-state index is 0.0433. The first-order valence-corrected chi connectivity index (χ1v) is 10.1. The van der Waals surface area contributed by atoms with E-state index in [-0.39, 0.29) is 23.4 Å². The average Bonchev–Trinajstić information content (AvgIpc) is 3.11. The van der Waals surface area contributed by atoms with Gasteiger partial charge in [0.05, 0.1) is 12.5 Å². The van der Waals surface area contributed by atoms with E-state index in [1.165, 1.54) is 37.7 Å². The molecule has 140 valence electrons. The highest BCUT2D eigenvalue weighted by Gasteiger charge is 2.55. The standard InChI is InChI=1S/C21H33NO3/c1-14-6-4-8-21(2)11-19-16(10-18(14)21)17(20(23)25-19)12-22-9-5-7-15(22)13-24-3/h15-19H,1,4-13H2,2-3H3/t15-,16-,17+,18-,19-,21-/m1/s1. The largest absolute Gasteiger partial charge is 0.462 e. The molecule has 0 amide bonds. The van der Waals surface area contributed by atoms with Gasteiger partial charge in [0.1, 0.15) is 6.10 Å². The Morgan fingerprint density at radius 2 is 2.24 bits per heavy atom. The molecule has 4 rings (SSSR count). The first kappa shape index (κ1) is 17.5. The van der Waals surface area contributed by atoms with Gasteiger partial charge in [-0.15, -0.1) is 0 Å². The maximum absolute atomic E-state index is 12.7. The van der Waals surface area contributed by atoms with Gasteiger partial charge in [-0.2, -0.15) is 0 Å². The first-order valence-electron chi connectivity index (χ1n) is 10.1. The molecule has 4 fully saturated rings. The van der Waals surface area contributed by atoms with Gasteiger partial charge >= 0.3 is 5.97 Å². The molecular weight excluding hydrogens is 314 g/mol. The number of esters is 1. The molecule has 2 heterocycles. The van der Waals surface area contributed by atoms with E-state index in [0.717, 1.165) is 32.5 Å². The van der Waals surface area contributed by atoms with Crippen LogP contribution in [0.15, 0.2) is 12.2 Å². The van der Waals surface area contributed by atoms with Crippen LogP contribution in [0.4, 0.5) is 0 Å². The molecule has 25 heavy (non-hydrogen) atoms. The van der Waals surface area contributed by atoms with Gasteiger partial charge in [0.15, 0.2) is 0 Å². The summed E-state index contributed by atoms with van der Waals surface area (Å²) in [5.74, 6) is 1.05. The van der Waals surface area contributed by atoms with Crippen LogP contribution in [-0.4, -0.2) is 49.8 Å². The molecule has 4 aliphatic rings. The second-order valence-corrected chi connectivity index (χ2v) is 9.15. The van der Waals surface area contributed by atoms with Crippen LogP contribution in [0.1, 0.15) is 51.9 Å². The predicted molar refractivity (Wildman–Crippen MR) is 97.2 cm³/mol. The molecule has 0 bridgehead atoms. The van der Waals surface area contributed by atoms with Gasteiger partial charge in [-0.3, -0.25) is 9.69 Å². The highest BCUT2D eigenvalue weighted by molar-refractivity contribution is 5.75. The minimum atomic E-state index is 0.0433. The third-order valence-corrected chi connectivity index (χ3v) is 7.61. The maximum atomic E-state index is 12.7. The van der Waals surface area contributed by atoms with Gasteiger partial charge in [-0.25, -0.2) is 0 Å². The lowest BCUT2D eigenvalue weighted by molar-refractivity contribution is -0.146. The summed E-state index contributed by atoms with van der Waals surface area (Å²) < 4.78 is 11.3. The first-order chi connectivity index (χ1) is 12.0. The van der Waals surface area contributed by atoms with Crippen molar-refractivity contribution in [2.24, 2.45) is 23.2 Å². The molecule has 4 nitrogen and oxygen atoms in total. The number of ether oxygens (including phenoxy) is 2. The highest BCUT2D eigenvalue weighted by Crippen LogP contribution is 2.57. The van der Waals surface area contributed by atoms with E-state index in [0.29, 0.717) is 17.9 Å². The number of carbonyl (C=O) groups excluding carboxylic acids is 1. The number of fused-ring (bicyclic) bond motifs is 2. The fraction of sp³-hybridized carbons (Fsp3) is 0.857. The van der Waals surface area contributed by atoms with Crippen molar-refractivity contribution in [2.45, 2.75) is 64.0 Å². The third kappa shape index (κ3) is 3.06. The SMILES string of the molecule is C=C1CCC[C@]2(C)C[C@H]3OC(=O)[C@@H](CN4CCC[C@@H]4COC)[C@H]3C[C@H]12. The topological polar surface area (TPSA) is 38.8 Å². The number of likely N-dealkylation sites (tertiary alicyclic amines) is 1. The Morgan fingerprint density at radius 3 is 3.04 bits per heavy atom. The highest BCUT2D eigenvalue weighted by atomic mass is 16.6. The molecule has 2 aliphatic heterocycles. The number of allylic oxidation sites excluding steroid dienone is 1. The van der Waals surface area contributed by atoms with E-state index in [2.05, 4.69) is 18.4 Å². The van der Waals surface area contributed by atoms with E-state index < -0.39 is 0 Å². The van der Waals surface area contributed by atoms with Gasteiger partial charge < -0.3 is 9.47 Å². The molecule has 0 aromatic carbocycles. The lowest BCUT2D eigenvalue weighted by Crippen LogP contribution is -2.46. The Labute approximate surface area is 151 Å². The number of nitrogens with zero attached hydrogens (tertiary/aromatic N) is 1. The molecule has 2 aliphatic carbocycles. The molecule has 2 saturated carbocycles. The number of hydrogen-bond acceptors (Lipinski definition) is 4. The quantitative estimate of drug-likeness (QED) is 0.577. The van der Waals surface area contributed by atoms with Crippen LogP contribution in [0.2, 0.25) is 0 Å². The van der Waals surface area contributed by atoms with E-state index in [1.807, 2.05) is 0 Å². The van der Waals surface area contributed by atoms with Crippen molar-refractivity contribution in [1.82, 2.24) is 4.90 Å². The Hall–Kier alpha value is -0.870. The van der Waals surface area contributed by atoms with E-state index >= 15 is 0 Å². The van der Waals surface area contributed by atoms with Crippen LogP contribution in [0.25, 0.3) is 0 Å². The fourth-order valence-corrected chi connectivity index (χ4v) is 6.23. The molecule has 0 aromatic rings. The molecule has 6 atom stereocenters. The minimum Gasteiger partial charge on any atom is -0.462 e. The summed E-state index contributed by atoms with van der Waals surface area (Å²) in [4.78, 5) is 15.2. The van der Waals surface area contributed by atoms with Gasteiger partial charge in [0.2, 0.25) is 0 Å². The monoisotopic (exact) mass is 347 g/mol. The average molecular weight is 347 g/mol. The van der Waals surface area contributed by atoms with Crippen LogP contribution in [0, 0.1) is 23.2 Å². The molecule has 0 spiro atoms. The summed E-state index contributed by atoms with van der Waals surface area (Å²) in [7, 11) is 1.77. The lowest BCUT2D eigenvalue weighted by atomic mass is 9.55. The van der Waals surface area contributed by atoms with Crippen LogP contribution in [-0.2, 0) is 14.3 Å². The van der Waals surface area contributed by atoms with Crippen molar-refractivity contribution in [1.29, 1.82) is 0 Å². The van der Waals surface area contributed by atoms with Crippen molar-refractivity contribution in [3.8, 4) is 0 Å². The van der Waals surface area contributed by atoms with E-state index in [1.54, 1.807) is 7.11 Å². The van der Waals surface area contributed by atoms with Gasteiger partial charge in [-0.1, -0.05) is 19.1 Å². The van der Waals surface area contributed by atoms with Crippen molar-refractivity contribution in [3.63, 3.8) is 0 Å². The second-order valence-electron chi connectivity index (χ2n) is 9.15. The zero-order chi connectivity index (χ0) is 17.6. The van der Waals surface area contributed by atoms with Crippen molar-refractivity contribution in [3.05, 3.63) is 12.2 Å². The normalized spacial score (nSPS) is 44.5. The summed E-state index contributed by atoms with van der Waals surface area (Å²) in [5, 5.41) is 0. The van der Waals surface area contributed by atoms with E-state index in [4.69, 9.17) is 9.47 Å². The lowest BCUT2D eigenvalue weighted by Gasteiger charge is -2.50. The smallest absolute Gasteiger partial charge is 0.310 e. The van der Waals surface area contributed by atoms with Gasteiger partial charge in [0.25, 0.3) is 0 Å². The Bertz CT molecular complexity index is 547. The predicted octanol–water partition coefficient (Wildman–Crippen LogP) is 3.41. The molecule has 0 unspecified atom stereocenters. The van der Waals surface area contributed by atoms with Crippen LogP contribution < -0.4 is 0 Å². The van der Waals surface area contributed by atoms with E-state index in [9.17, 15) is 4.79 Å². The third-order valence-electron chi connectivity index (χ3n) is 7.61. The zero-order valence-corrected chi connectivity index (χ0v) is 15.8. The number of hydrogen-bond donors (Lipinski definition) is 0. The molecular formula is C21H33NO3. The van der Waals surface area contributed by atoms with Gasteiger partial charge in [0, 0.05) is 25.6 Å². The summed E-state index contributed by atoms with van der Waals surface area (Å²) >= 11 is 0. The Balaban J connectivity index is 1.49. The fourth-order valence-electron chi connectivity index (χ4n) is 6.23. The molecule has 0 aromatic heterocycles. The summed E-state index contributed by atoms with van der Waals surface area (Å²) in [6.07, 6.45) is 8.32. The Morgan fingerprint density at radius 1 is 1.40 bits per heavy atom. The second kappa shape index (κ2) is 6.70. The summed E-state index contributed by atoms with van der Waals surface area (Å²) in [6, 6.07) is 0.468. The summed E-state index contributed by atoms with van der Waals surface area (Å²) in [5.41, 5.74) is 1.71. The maximum Gasteiger partial charge on any atom is 0.310 e. The number of rotatable bonds is 4. The van der Waals surface area contributed by atoms with Crippen molar-refractivity contribution in [2.75, 3.05) is 26.8 Å². The molecule has 2 saturated heterocycles. The number of methoxy groups -OCH3 is 1. The number of carbonyl (C=O) groups is 1. The molecule has 0 radical (unpaired) electrons.